The van der Waals surface area contributed by atoms with Crippen molar-refractivity contribution in [3.63, 3.8) is 0 Å². The lowest BCUT2D eigenvalue weighted by molar-refractivity contribution is 0.114. The van der Waals surface area contributed by atoms with Gasteiger partial charge in [-0.3, -0.25) is 4.90 Å². The van der Waals surface area contributed by atoms with E-state index in [1.807, 2.05) is 6.07 Å². The van der Waals surface area contributed by atoms with Crippen LogP contribution in [0.5, 0.6) is 0 Å². The Bertz CT molecular complexity index is 372. The van der Waals surface area contributed by atoms with Gasteiger partial charge in [0.2, 0.25) is 0 Å². The van der Waals surface area contributed by atoms with Gasteiger partial charge in [0.05, 0.1) is 13.2 Å². The number of hydrogen-bond donors (Lipinski definition) is 2. The van der Waals surface area contributed by atoms with E-state index in [2.05, 4.69) is 48.3 Å². The van der Waals surface area contributed by atoms with Crippen LogP contribution in [-0.2, 0) is 10.2 Å². The first kappa shape index (κ1) is 18.1. The van der Waals surface area contributed by atoms with Crippen molar-refractivity contribution >= 4 is 0 Å². The molecular weight excluding hydrogens is 264 g/mol. The summed E-state index contributed by atoms with van der Waals surface area (Å²) < 4.78 is 5.18. The molecule has 4 heteroatoms. The Morgan fingerprint density at radius 3 is 2.52 bits per heavy atom. The summed E-state index contributed by atoms with van der Waals surface area (Å²) in [7, 11) is 1.71. The summed E-state index contributed by atoms with van der Waals surface area (Å²) in [5.41, 5.74) is 1.34. The molecule has 0 bridgehead atoms. The Hall–Kier alpha value is -0.940. The maximum atomic E-state index is 9.28. The molecule has 0 aliphatic heterocycles. The second kappa shape index (κ2) is 9.90. The van der Waals surface area contributed by atoms with Crippen LogP contribution in [0.15, 0.2) is 30.3 Å². The minimum absolute atomic E-state index is 0.0141. The maximum Gasteiger partial charge on any atom is 0.0589 e. The van der Waals surface area contributed by atoms with Gasteiger partial charge in [-0.1, -0.05) is 44.2 Å². The molecule has 0 amide bonds. The fourth-order valence-electron chi connectivity index (χ4n) is 2.62. The number of likely N-dealkylation sites (N-methyl/N-ethyl adjacent to an activating group) is 1. The van der Waals surface area contributed by atoms with E-state index in [1.54, 1.807) is 7.11 Å². The Balaban J connectivity index is 2.84. The molecule has 1 atom stereocenters. The molecule has 1 aromatic rings. The fraction of sp³-hybridized carbons (Fsp3) is 0.647. The zero-order chi connectivity index (χ0) is 15.6. The highest BCUT2D eigenvalue weighted by Gasteiger charge is 2.28. The number of hydrogen-bond acceptors (Lipinski definition) is 4. The first-order valence-electron chi connectivity index (χ1n) is 7.74. The first-order chi connectivity index (χ1) is 10.2. The normalized spacial score (nSPS) is 14.3. The van der Waals surface area contributed by atoms with E-state index in [0.717, 1.165) is 26.2 Å². The summed E-state index contributed by atoms with van der Waals surface area (Å²) in [6.45, 7) is 9.56. The molecule has 1 unspecified atom stereocenters. The van der Waals surface area contributed by atoms with Crippen LogP contribution in [0.2, 0.25) is 0 Å². The second-order valence-corrected chi connectivity index (χ2v) is 5.70. The fourth-order valence-corrected chi connectivity index (χ4v) is 2.62. The summed E-state index contributed by atoms with van der Waals surface area (Å²) in [5.74, 6) is 0. The minimum atomic E-state index is 0.0141. The predicted molar refractivity (Wildman–Crippen MR) is 87.7 cm³/mol. The van der Waals surface area contributed by atoms with Gasteiger partial charge in [-0.05, 0) is 12.1 Å². The molecule has 0 spiro atoms. The van der Waals surface area contributed by atoms with Crippen molar-refractivity contribution in [2.45, 2.75) is 19.3 Å². The number of aliphatic hydroxyl groups excluding tert-OH is 1. The first-order valence-corrected chi connectivity index (χ1v) is 7.74. The summed E-state index contributed by atoms with van der Waals surface area (Å²) in [4.78, 5) is 2.27. The lowest BCUT2D eigenvalue weighted by Gasteiger charge is -2.36. The quantitative estimate of drug-likeness (QED) is 0.649. The summed E-state index contributed by atoms with van der Waals surface area (Å²) in [5, 5.41) is 12.8. The number of rotatable bonds is 11. The van der Waals surface area contributed by atoms with Crippen molar-refractivity contribution in [3.05, 3.63) is 35.9 Å². The zero-order valence-electron chi connectivity index (χ0n) is 13.6. The van der Waals surface area contributed by atoms with Crippen LogP contribution in [0.25, 0.3) is 0 Å². The van der Waals surface area contributed by atoms with E-state index in [1.165, 1.54) is 5.56 Å². The van der Waals surface area contributed by atoms with E-state index in [4.69, 9.17) is 4.74 Å². The van der Waals surface area contributed by atoms with Crippen molar-refractivity contribution in [1.82, 2.24) is 10.2 Å². The predicted octanol–water partition coefficient (Wildman–Crippen LogP) is 1.49. The molecule has 4 nitrogen and oxygen atoms in total. The SMILES string of the molecule is CCNCC(C)(CN(CCO)CCOC)c1ccccc1. The molecule has 0 aliphatic rings. The molecule has 0 saturated carbocycles. The maximum absolute atomic E-state index is 9.28. The highest BCUT2D eigenvalue weighted by atomic mass is 16.5. The van der Waals surface area contributed by atoms with E-state index >= 15 is 0 Å². The molecule has 0 fully saturated rings. The average molecular weight is 294 g/mol. The minimum Gasteiger partial charge on any atom is -0.395 e. The van der Waals surface area contributed by atoms with Gasteiger partial charge >= 0.3 is 0 Å². The molecule has 21 heavy (non-hydrogen) atoms. The number of benzene rings is 1. The number of ether oxygens (including phenoxy) is 1. The Labute approximate surface area is 129 Å². The third-order valence-electron chi connectivity index (χ3n) is 3.84. The van der Waals surface area contributed by atoms with Crippen molar-refractivity contribution in [3.8, 4) is 0 Å². The molecule has 1 aromatic carbocycles. The molecule has 0 heterocycles. The van der Waals surface area contributed by atoms with Crippen LogP contribution < -0.4 is 5.32 Å². The van der Waals surface area contributed by atoms with Gasteiger partial charge in [-0.25, -0.2) is 0 Å². The number of aliphatic hydroxyl groups is 1. The van der Waals surface area contributed by atoms with Gasteiger partial charge in [-0.2, -0.15) is 0 Å². The highest BCUT2D eigenvalue weighted by Crippen LogP contribution is 2.24. The topological polar surface area (TPSA) is 44.7 Å². The lowest BCUT2D eigenvalue weighted by Crippen LogP contribution is -2.47. The largest absolute Gasteiger partial charge is 0.395 e. The van der Waals surface area contributed by atoms with Gasteiger partial charge in [0.25, 0.3) is 0 Å². The van der Waals surface area contributed by atoms with Crippen LogP contribution in [0.3, 0.4) is 0 Å². The van der Waals surface area contributed by atoms with Crippen LogP contribution in [0.4, 0.5) is 0 Å². The summed E-state index contributed by atoms with van der Waals surface area (Å²) in [6, 6.07) is 10.6. The smallest absolute Gasteiger partial charge is 0.0589 e. The molecule has 0 radical (unpaired) electrons. The van der Waals surface area contributed by atoms with Gasteiger partial charge in [0, 0.05) is 38.7 Å². The molecule has 1 rings (SSSR count). The Morgan fingerprint density at radius 1 is 1.24 bits per heavy atom. The van der Waals surface area contributed by atoms with Gasteiger partial charge in [-0.15, -0.1) is 0 Å². The average Bonchev–Trinajstić information content (AvgIpc) is 2.52. The standard InChI is InChI=1S/C17H30N2O2/c1-4-18-14-17(2,16-8-6-5-7-9-16)15-19(10-12-20)11-13-21-3/h5-9,18,20H,4,10-15H2,1-3H3. The third-order valence-corrected chi connectivity index (χ3v) is 3.84. The van der Waals surface area contributed by atoms with Crippen molar-refractivity contribution in [2.75, 3.05) is 53.0 Å². The van der Waals surface area contributed by atoms with Crippen LogP contribution >= 0.6 is 0 Å². The molecule has 0 saturated heterocycles. The van der Waals surface area contributed by atoms with E-state index < -0.39 is 0 Å². The molecule has 2 N–H and O–H groups in total. The van der Waals surface area contributed by atoms with Crippen molar-refractivity contribution < 1.29 is 9.84 Å². The van der Waals surface area contributed by atoms with E-state index in [9.17, 15) is 5.11 Å². The van der Waals surface area contributed by atoms with Gasteiger partial charge in [0.15, 0.2) is 0 Å². The summed E-state index contributed by atoms with van der Waals surface area (Å²) >= 11 is 0. The van der Waals surface area contributed by atoms with E-state index in [0.29, 0.717) is 13.2 Å². The molecular formula is C17H30N2O2. The Kier molecular flexibility index (Phi) is 8.54. The molecule has 0 aromatic heterocycles. The third kappa shape index (κ3) is 6.14. The lowest BCUT2D eigenvalue weighted by atomic mass is 9.81. The highest BCUT2D eigenvalue weighted by molar-refractivity contribution is 5.25. The van der Waals surface area contributed by atoms with Crippen molar-refractivity contribution in [2.24, 2.45) is 0 Å². The van der Waals surface area contributed by atoms with Crippen LogP contribution in [0.1, 0.15) is 19.4 Å². The van der Waals surface area contributed by atoms with Crippen molar-refractivity contribution in [1.29, 1.82) is 0 Å². The Morgan fingerprint density at radius 2 is 1.95 bits per heavy atom. The molecule has 0 aliphatic carbocycles. The summed E-state index contributed by atoms with van der Waals surface area (Å²) in [6.07, 6.45) is 0. The monoisotopic (exact) mass is 294 g/mol. The van der Waals surface area contributed by atoms with Gasteiger partial charge < -0.3 is 15.2 Å². The zero-order valence-corrected chi connectivity index (χ0v) is 13.6. The van der Waals surface area contributed by atoms with Crippen LogP contribution in [-0.4, -0.2) is 63.1 Å². The van der Waals surface area contributed by atoms with Crippen LogP contribution in [0, 0.1) is 0 Å². The number of nitrogens with one attached hydrogen (secondary N) is 1. The van der Waals surface area contributed by atoms with E-state index in [-0.39, 0.29) is 12.0 Å². The second-order valence-electron chi connectivity index (χ2n) is 5.70. The number of methoxy groups -OCH3 is 1. The van der Waals surface area contributed by atoms with Gasteiger partial charge in [0.1, 0.15) is 0 Å². The molecule has 120 valence electrons. The number of nitrogens with zero attached hydrogens (tertiary/aromatic N) is 1.